The Morgan fingerprint density at radius 1 is 1.48 bits per heavy atom. The first-order valence-corrected chi connectivity index (χ1v) is 7.66. The van der Waals surface area contributed by atoms with Gasteiger partial charge in [0.1, 0.15) is 17.1 Å². The van der Waals surface area contributed by atoms with Crippen molar-refractivity contribution in [2.24, 2.45) is 0 Å². The highest BCUT2D eigenvalue weighted by Gasteiger charge is 2.34. The van der Waals surface area contributed by atoms with Crippen molar-refractivity contribution in [3.8, 4) is 11.8 Å². The third kappa shape index (κ3) is 4.44. The zero-order chi connectivity index (χ0) is 15.3. The molecule has 0 aliphatic heterocycles. The Morgan fingerprint density at radius 2 is 2.24 bits per heavy atom. The number of halogens is 1. The number of aryl methyl sites for hydroxylation is 1. The second-order valence-electron chi connectivity index (χ2n) is 5.83. The number of hydrogen-bond donors (Lipinski definition) is 1. The Hall–Kier alpha value is -1.60. The molecule has 114 valence electrons. The van der Waals surface area contributed by atoms with Crippen LogP contribution in [0, 0.1) is 24.1 Å². The molecule has 21 heavy (non-hydrogen) atoms. The molecule has 1 N–H and O–H groups in total. The van der Waals surface area contributed by atoms with E-state index in [1.165, 1.54) is 25.0 Å². The van der Waals surface area contributed by atoms with E-state index in [2.05, 4.69) is 11.4 Å². The van der Waals surface area contributed by atoms with Gasteiger partial charge in [0.15, 0.2) is 0 Å². The number of nitriles is 1. The van der Waals surface area contributed by atoms with Crippen LogP contribution in [0.4, 0.5) is 4.39 Å². The minimum atomic E-state index is -0.428. The molecule has 0 heterocycles. The SMILES string of the molecule is CCC(C#N)(CCCOc1ccc(F)cc1C)NC1CC1. The molecule has 0 spiro atoms. The molecule has 1 aliphatic carbocycles. The summed E-state index contributed by atoms with van der Waals surface area (Å²) < 4.78 is 18.7. The van der Waals surface area contributed by atoms with Gasteiger partial charge in [0, 0.05) is 6.04 Å². The zero-order valence-electron chi connectivity index (χ0n) is 12.8. The summed E-state index contributed by atoms with van der Waals surface area (Å²) in [7, 11) is 0. The standard InChI is InChI=1S/C17H23FN2O/c1-3-17(12-19,20-15-6-7-15)9-4-10-21-16-8-5-14(18)11-13(16)2/h5,8,11,15,20H,3-4,6-7,9-10H2,1-2H3. The van der Waals surface area contributed by atoms with Crippen molar-refractivity contribution >= 4 is 0 Å². The number of ether oxygens (including phenoxy) is 1. The molecule has 1 unspecified atom stereocenters. The van der Waals surface area contributed by atoms with E-state index < -0.39 is 5.54 Å². The maximum absolute atomic E-state index is 13.0. The van der Waals surface area contributed by atoms with Crippen LogP contribution in [0.2, 0.25) is 0 Å². The predicted molar refractivity (Wildman–Crippen MR) is 80.7 cm³/mol. The molecule has 1 saturated carbocycles. The second kappa shape index (κ2) is 6.91. The van der Waals surface area contributed by atoms with E-state index in [9.17, 15) is 9.65 Å². The van der Waals surface area contributed by atoms with Crippen LogP contribution in [0.1, 0.15) is 44.6 Å². The van der Waals surface area contributed by atoms with Gasteiger partial charge in [0.05, 0.1) is 12.7 Å². The smallest absolute Gasteiger partial charge is 0.123 e. The summed E-state index contributed by atoms with van der Waals surface area (Å²) in [5.74, 6) is 0.466. The first kappa shape index (κ1) is 15.8. The minimum Gasteiger partial charge on any atom is -0.493 e. The zero-order valence-corrected chi connectivity index (χ0v) is 12.8. The highest BCUT2D eigenvalue weighted by atomic mass is 19.1. The van der Waals surface area contributed by atoms with Crippen molar-refractivity contribution in [1.29, 1.82) is 5.26 Å². The molecule has 3 nitrogen and oxygen atoms in total. The molecular weight excluding hydrogens is 267 g/mol. The van der Waals surface area contributed by atoms with Gasteiger partial charge in [-0.2, -0.15) is 5.26 Å². The number of nitrogens with one attached hydrogen (secondary N) is 1. The van der Waals surface area contributed by atoms with E-state index in [1.807, 2.05) is 13.8 Å². The molecule has 1 aromatic rings. The average Bonchev–Trinajstić information content (AvgIpc) is 3.28. The summed E-state index contributed by atoms with van der Waals surface area (Å²) in [5, 5.41) is 12.9. The van der Waals surface area contributed by atoms with Crippen LogP contribution in [-0.4, -0.2) is 18.2 Å². The van der Waals surface area contributed by atoms with Gasteiger partial charge in [0.25, 0.3) is 0 Å². The van der Waals surface area contributed by atoms with E-state index in [0.29, 0.717) is 18.4 Å². The summed E-state index contributed by atoms with van der Waals surface area (Å²) in [4.78, 5) is 0. The Morgan fingerprint density at radius 3 is 2.81 bits per heavy atom. The predicted octanol–water partition coefficient (Wildman–Crippen LogP) is 3.72. The monoisotopic (exact) mass is 290 g/mol. The Kier molecular flexibility index (Phi) is 5.19. The van der Waals surface area contributed by atoms with Crippen molar-refractivity contribution < 1.29 is 9.13 Å². The topological polar surface area (TPSA) is 45.0 Å². The highest BCUT2D eigenvalue weighted by molar-refractivity contribution is 5.32. The van der Waals surface area contributed by atoms with E-state index in [4.69, 9.17) is 4.74 Å². The molecule has 2 rings (SSSR count). The van der Waals surface area contributed by atoms with Crippen molar-refractivity contribution in [2.75, 3.05) is 6.61 Å². The van der Waals surface area contributed by atoms with Gasteiger partial charge < -0.3 is 4.74 Å². The number of rotatable bonds is 8. The van der Waals surface area contributed by atoms with Crippen molar-refractivity contribution in [1.82, 2.24) is 5.32 Å². The van der Waals surface area contributed by atoms with Crippen LogP contribution in [0.5, 0.6) is 5.75 Å². The second-order valence-corrected chi connectivity index (χ2v) is 5.83. The Balaban J connectivity index is 1.81. The van der Waals surface area contributed by atoms with Crippen LogP contribution in [0.3, 0.4) is 0 Å². The molecule has 1 atom stereocenters. The van der Waals surface area contributed by atoms with Crippen molar-refractivity contribution in [3.05, 3.63) is 29.6 Å². The quantitative estimate of drug-likeness (QED) is 0.742. The summed E-state index contributed by atoms with van der Waals surface area (Å²) in [6.07, 6.45) is 4.73. The number of hydrogen-bond acceptors (Lipinski definition) is 3. The van der Waals surface area contributed by atoms with Gasteiger partial charge in [-0.25, -0.2) is 4.39 Å². The van der Waals surface area contributed by atoms with E-state index in [0.717, 1.165) is 24.8 Å². The number of nitrogens with zero attached hydrogens (tertiary/aromatic N) is 1. The molecule has 1 fully saturated rings. The normalized spacial score (nSPS) is 17.0. The number of benzene rings is 1. The molecule has 4 heteroatoms. The van der Waals surface area contributed by atoms with Crippen LogP contribution < -0.4 is 10.1 Å². The van der Waals surface area contributed by atoms with Crippen molar-refractivity contribution in [2.45, 2.75) is 57.5 Å². The fraction of sp³-hybridized carbons (Fsp3) is 0.588. The van der Waals surface area contributed by atoms with Gasteiger partial charge in [-0.15, -0.1) is 0 Å². The largest absolute Gasteiger partial charge is 0.493 e. The van der Waals surface area contributed by atoms with E-state index in [1.54, 1.807) is 6.07 Å². The summed E-state index contributed by atoms with van der Waals surface area (Å²) in [6.45, 7) is 4.42. The highest BCUT2D eigenvalue weighted by Crippen LogP contribution is 2.27. The van der Waals surface area contributed by atoms with Gasteiger partial charge in [0.2, 0.25) is 0 Å². The molecule has 0 bridgehead atoms. The van der Waals surface area contributed by atoms with Gasteiger partial charge in [-0.3, -0.25) is 5.32 Å². The minimum absolute atomic E-state index is 0.247. The lowest BCUT2D eigenvalue weighted by atomic mass is 9.92. The maximum Gasteiger partial charge on any atom is 0.123 e. The van der Waals surface area contributed by atoms with Crippen LogP contribution in [0.15, 0.2) is 18.2 Å². The van der Waals surface area contributed by atoms with E-state index >= 15 is 0 Å². The summed E-state index contributed by atoms with van der Waals surface area (Å²) >= 11 is 0. The molecule has 1 aromatic carbocycles. The maximum atomic E-state index is 13.0. The fourth-order valence-corrected chi connectivity index (χ4v) is 2.47. The first-order chi connectivity index (χ1) is 10.1. The van der Waals surface area contributed by atoms with Crippen molar-refractivity contribution in [3.63, 3.8) is 0 Å². The summed E-state index contributed by atoms with van der Waals surface area (Å²) in [5.41, 5.74) is 0.371. The van der Waals surface area contributed by atoms with Gasteiger partial charge in [-0.05, 0) is 62.8 Å². The molecule has 0 radical (unpaired) electrons. The third-order valence-corrected chi connectivity index (χ3v) is 4.02. The Bertz CT molecular complexity index is 522. The molecule has 0 saturated heterocycles. The van der Waals surface area contributed by atoms with E-state index in [-0.39, 0.29) is 5.82 Å². The molecule has 1 aliphatic rings. The van der Waals surface area contributed by atoms with Crippen LogP contribution in [-0.2, 0) is 0 Å². The van der Waals surface area contributed by atoms with Gasteiger partial charge in [-0.1, -0.05) is 6.92 Å². The van der Waals surface area contributed by atoms with Crippen LogP contribution >= 0.6 is 0 Å². The lowest BCUT2D eigenvalue weighted by Crippen LogP contribution is -2.44. The lowest BCUT2D eigenvalue weighted by molar-refractivity contribution is 0.273. The van der Waals surface area contributed by atoms with Gasteiger partial charge >= 0.3 is 0 Å². The average molecular weight is 290 g/mol. The molecule has 0 amide bonds. The Labute approximate surface area is 126 Å². The summed E-state index contributed by atoms with van der Waals surface area (Å²) in [6, 6.07) is 7.49. The van der Waals surface area contributed by atoms with Crippen LogP contribution in [0.25, 0.3) is 0 Å². The molecular formula is C17H23FN2O. The lowest BCUT2D eigenvalue weighted by Gasteiger charge is -2.26. The third-order valence-electron chi connectivity index (χ3n) is 4.02. The molecule has 0 aromatic heterocycles. The fourth-order valence-electron chi connectivity index (χ4n) is 2.47. The first-order valence-electron chi connectivity index (χ1n) is 7.66.